The molecule has 1 atom stereocenters. The zero-order chi connectivity index (χ0) is 15.5. The second-order valence-corrected chi connectivity index (χ2v) is 6.64. The van der Waals surface area contributed by atoms with E-state index in [-0.39, 0.29) is 5.78 Å². The van der Waals surface area contributed by atoms with Crippen molar-refractivity contribution in [2.24, 2.45) is 5.92 Å². The van der Waals surface area contributed by atoms with E-state index in [1.54, 1.807) is 6.20 Å². The molecule has 0 radical (unpaired) electrons. The first-order chi connectivity index (χ1) is 10.6. The summed E-state index contributed by atoms with van der Waals surface area (Å²) >= 11 is 0. The predicted octanol–water partition coefficient (Wildman–Crippen LogP) is 3.93. The maximum Gasteiger partial charge on any atom is 0.163 e. The Hall–Kier alpha value is -1.74. The largest absolute Gasteiger partial charge is 0.301 e. The number of pyridine rings is 1. The van der Waals surface area contributed by atoms with E-state index in [1.807, 2.05) is 30.3 Å². The van der Waals surface area contributed by atoms with Crippen LogP contribution in [0.2, 0.25) is 0 Å². The van der Waals surface area contributed by atoms with E-state index in [0.717, 1.165) is 23.0 Å². The summed E-state index contributed by atoms with van der Waals surface area (Å²) in [4.78, 5) is 19.4. The van der Waals surface area contributed by atoms with E-state index >= 15 is 0 Å². The van der Waals surface area contributed by atoms with Crippen molar-refractivity contribution in [1.29, 1.82) is 0 Å². The molecule has 2 aromatic rings. The number of hydrogen-bond donors (Lipinski definition) is 0. The number of likely N-dealkylation sites (tertiary alicyclic amines) is 1. The van der Waals surface area contributed by atoms with E-state index in [1.165, 1.54) is 19.4 Å². The van der Waals surface area contributed by atoms with Crippen molar-refractivity contribution in [3.63, 3.8) is 0 Å². The Morgan fingerprint density at radius 1 is 1.36 bits per heavy atom. The number of piperidine rings is 1. The van der Waals surface area contributed by atoms with Crippen molar-refractivity contribution in [3.05, 3.63) is 42.1 Å². The smallest absolute Gasteiger partial charge is 0.163 e. The average Bonchev–Trinajstić information content (AvgIpc) is 2.54. The molecule has 0 amide bonds. The fourth-order valence-electron chi connectivity index (χ4n) is 3.36. The van der Waals surface area contributed by atoms with E-state index in [2.05, 4.69) is 23.7 Å². The highest BCUT2D eigenvalue weighted by Gasteiger charge is 2.24. The number of rotatable bonds is 4. The molecule has 3 nitrogen and oxygen atoms in total. The molecule has 0 N–H and O–H groups in total. The van der Waals surface area contributed by atoms with Crippen LogP contribution in [-0.2, 0) is 0 Å². The molecule has 22 heavy (non-hydrogen) atoms. The second-order valence-electron chi connectivity index (χ2n) is 6.64. The molecule has 0 bridgehead atoms. The summed E-state index contributed by atoms with van der Waals surface area (Å²) in [6.07, 6.45) is 4.82. The molecule has 1 aliphatic heterocycles. The molecule has 0 spiro atoms. The van der Waals surface area contributed by atoms with Crippen LogP contribution in [0.15, 0.2) is 36.5 Å². The summed E-state index contributed by atoms with van der Waals surface area (Å²) in [6, 6.07) is 10.3. The average molecular weight is 296 g/mol. The molecule has 1 aromatic heterocycles. The Balaban J connectivity index is 1.70. The van der Waals surface area contributed by atoms with Crippen LogP contribution < -0.4 is 0 Å². The van der Waals surface area contributed by atoms with E-state index in [9.17, 15) is 4.79 Å². The van der Waals surface area contributed by atoms with Crippen LogP contribution in [0.3, 0.4) is 0 Å². The summed E-state index contributed by atoms with van der Waals surface area (Å²) in [5, 5.41) is 1.04. The van der Waals surface area contributed by atoms with Crippen molar-refractivity contribution >= 4 is 16.7 Å². The topological polar surface area (TPSA) is 33.2 Å². The quantitative estimate of drug-likeness (QED) is 0.802. The van der Waals surface area contributed by atoms with Gasteiger partial charge in [-0.3, -0.25) is 9.78 Å². The van der Waals surface area contributed by atoms with Gasteiger partial charge in [0.1, 0.15) is 0 Å². The molecule has 1 saturated heterocycles. The summed E-state index contributed by atoms with van der Waals surface area (Å²) < 4.78 is 0. The maximum absolute atomic E-state index is 12.6. The van der Waals surface area contributed by atoms with Crippen LogP contribution in [0, 0.1) is 5.92 Å². The lowest BCUT2D eigenvalue weighted by molar-refractivity contribution is 0.0890. The number of carbonyl (C=O) groups excluding carboxylic acids is 1. The van der Waals surface area contributed by atoms with Crippen molar-refractivity contribution in [2.75, 3.05) is 13.1 Å². The fourth-order valence-corrected chi connectivity index (χ4v) is 3.36. The van der Waals surface area contributed by atoms with Crippen LogP contribution in [0.5, 0.6) is 0 Å². The summed E-state index contributed by atoms with van der Waals surface area (Å²) in [5.74, 6) is 0.759. The molecule has 3 heteroatoms. The van der Waals surface area contributed by atoms with Crippen LogP contribution in [0.25, 0.3) is 10.9 Å². The fraction of sp³-hybridized carbons (Fsp3) is 0.474. The minimum atomic E-state index is 0.265. The third-order valence-corrected chi connectivity index (χ3v) is 4.68. The second kappa shape index (κ2) is 6.57. The van der Waals surface area contributed by atoms with Crippen LogP contribution in [0.4, 0.5) is 0 Å². The van der Waals surface area contributed by atoms with E-state index in [0.29, 0.717) is 18.4 Å². The van der Waals surface area contributed by atoms with Gasteiger partial charge in [0.2, 0.25) is 0 Å². The van der Waals surface area contributed by atoms with Gasteiger partial charge in [-0.1, -0.05) is 6.07 Å². The van der Waals surface area contributed by atoms with Crippen LogP contribution >= 0.6 is 0 Å². The summed E-state index contributed by atoms with van der Waals surface area (Å²) in [6.45, 7) is 6.70. The molecule has 2 heterocycles. The summed E-state index contributed by atoms with van der Waals surface area (Å²) in [5.41, 5.74) is 1.77. The molecule has 1 fully saturated rings. The van der Waals surface area contributed by atoms with Gasteiger partial charge in [0.15, 0.2) is 5.78 Å². The lowest BCUT2D eigenvalue weighted by Crippen LogP contribution is -2.40. The lowest BCUT2D eigenvalue weighted by Gasteiger charge is -2.35. The first kappa shape index (κ1) is 15.2. The maximum atomic E-state index is 12.6. The van der Waals surface area contributed by atoms with Crippen molar-refractivity contribution in [2.45, 2.75) is 39.2 Å². The molecule has 0 aliphatic carbocycles. The predicted molar refractivity (Wildman–Crippen MR) is 90.1 cm³/mol. The first-order valence-electron chi connectivity index (χ1n) is 8.25. The van der Waals surface area contributed by atoms with Gasteiger partial charge in [0, 0.05) is 36.2 Å². The Morgan fingerprint density at radius 3 is 3.05 bits per heavy atom. The van der Waals surface area contributed by atoms with Gasteiger partial charge in [-0.2, -0.15) is 0 Å². The van der Waals surface area contributed by atoms with Crippen LogP contribution in [0.1, 0.15) is 43.5 Å². The minimum Gasteiger partial charge on any atom is -0.301 e. The van der Waals surface area contributed by atoms with Gasteiger partial charge < -0.3 is 4.90 Å². The number of ketones is 1. The molecular weight excluding hydrogens is 272 g/mol. The SMILES string of the molecule is CC(C)N1CCC[C@@H](CC(=O)c2ccc3ncccc3c2)C1. The number of carbonyl (C=O) groups is 1. The Labute approximate surface area is 132 Å². The standard InChI is InChI=1S/C19H24N2O/c1-14(2)21-10-4-5-15(13-21)11-19(22)17-7-8-18-16(12-17)6-3-9-20-18/h3,6-9,12,14-15H,4-5,10-11,13H2,1-2H3/t15-/m0/s1. The lowest BCUT2D eigenvalue weighted by atomic mass is 9.90. The number of fused-ring (bicyclic) bond motifs is 1. The number of nitrogens with zero attached hydrogens (tertiary/aromatic N) is 2. The highest BCUT2D eigenvalue weighted by atomic mass is 16.1. The van der Waals surface area contributed by atoms with Crippen molar-refractivity contribution in [3.8, 4) is 0 Å². The number of benzene rings is 1. The van der Waals surface area contributed by atoms with E-state index in [4.69, 9.17) is 0 Å². The number of Topliss-reactive ketones (excluding diaryl/α,β-unsaturated/α-hetero) is 1. The van der Waals surface area contributed by atoms with Gasteiger partial charge >= 0.3 is 0 Å². The highest BCUT2D eigenvalue weighted by Crippen LogP contribution is 2.24. The summed E-state index contributed by atoms with van der Waals surface area (Å²) in [7, 11) is 0. The van der Waals surface area contributed by atoms with Crippen LogP contribution in [-0.4, -0.2) is 34.8 Å². The van der Waals surface area contributed by atoms with Crippen molar-refractivity contribution < 1.29 is 4.79 Å². The van der Waals surface area contributed by atoms with Gasteiger partial charge in [0.05, 0.1) is 5.52 Å². The van der Waals surface area contributed by atoms with Gasteiger partial charge in [0.25, 0.3) is 0 Å². The first-order valence-corrected chi connectivity index (χ1v) is 8.25. The number of aromatic nitrogens is 1. The molecule has 3 rings (SSSR count). The number of hydrogen-bond acceptors (Lipinski definition) is 3. The molecule has 1 aromatic carbocycles. The zero-order valence-corrected chi connectivity index (χ0v) is 13.5. The Bertz CT molecular complexity index is 665. The van der Waals surface area contributed by atoms with Gasteiger partial charge in [-0.25, -0.2) is 0 Å². The highest BCUT2D eigenvalue weighted by molar-refractivity contribution is 5.99. The van der Waals surface area contributed by atoms with Gasteiger partial charge in [-0.15, -0.1) is 0 Å². The molecule has 0 saturated carbocycles. The minimum absolute atomic E-state index is 0.265. The van der Waals surface area contributed by atoms with E-state index < -0.39 is 0 Å². The zero-order valence-electron chi connectivity index (χ0n) is 13.5. The third kappa shape index (κ3) is 3.36. The Morgan fingerprint density at radius 2 is 2.23 bits per heavy atom. The normalized spacial score (nSPS) is 19.7. The molecule has 1 aliphatic rings. The molecule has 116 valence electrons. The molecular formula is C19H24N2O. The molecule has 0 unspecified atom stereocenters. The third-order valence-electron chi connectivity index (χ3n) is 4.68. The van der Waals surface area contributed by atoms with Gasteiger partial charge in [-0.05, 0) is 63.4 Å². The Kier molecular flexibility index (Phi) is 4.53. The van der Waals surface area contributed by atoms with Crippen molar-refractivity contribution in [1.82, 2.24) is 9.88 Å². The monoisotopic (exact) mass is 296 g/mol.